The number of rotatable bonds is 4. The van der Waals surface area contributed by atoms with Crippen LogP contribution in [0.25, 0.3) is 0 Å². The number of hydrogen-bond donors (Lipinski definition) is 0. The van der Waals surface area contributed by atoms with Crippen molar-refractivity contribution in [2.24, 2.45) is 5.92 Å². The Kier molecular flexibility index (Phi) is 5.10. The third-order valence-corrected chi connectivity index (χ3v) is 6.52. The van der Waals surface area contributed by atoms with Crippen molar-refractivity contribution >= 4 is 22.0 Å². The molecule has 2 fully saturated rings. The summed E-state index contributed by atoms with van der Waals surface area (Å²) in [5.74, 6) is -0.683. The molecule has 1 aromatic carbocycles. The Hall–Kier alpha value is -1.93. The van der Waals surface area contributed by atoms with E-state index in [1.807, 2.05) is 0 Å². The maximum Gasteiger partial charge on any atom is 0.347 e. The number of ether oxygens (including phenoxy) is 2. The van der Waals surface area contributed by atoms with Gasteiger partial charge in [0.05, 0.1) is 17.1 Å². The lowest BCUT2D eigenvalue weighted by atomic mass is 10.0. The molecule has 2 heterocycles. The number of esters is 2. The molecule has 0 aromatic heterocycles. The van der Waals surface area contributed by atoms with E-state index in [-0.39, 0.29) is 17.1 Å². The third-order valence-electron chi connectivity index (χ3n) is 4.61. The molecule has 136 valence electrons. The van der Waals surface area contributed by atoms with Gasteiger partial charge in [-0.15, -0.1) is 0 Å². The lowest BCUT2D eigenvalue weighted by Crippen LogP contribution is -2.37. The van der Waals surface area contributed by atoms with Gasteiger partial charge in [0.25, 0.3) is 0 Å². The number of piperidine rings is 1. The fraction of sp³-hybridized carbons (Fsp3) is 0.529. The lowest BCUT2D eigenvalue weighted by Gasteiger charge is -2.29. The average Bonchev–Trinajstić information content (AvgIpc) is 3.00. The maximum absolute atomic E-state index is 12.6. The summed E-state index contributed by atoms with van der Waals surface area (Å²) in [7, 11) is -3.55. The normalized spacial score (nSPS) is 22.6. The first-order chi connectivity index (χ1) is 11.9. The summed E-state index contributed by atoms with van der Waals surface area (Å²) >= 11 is 0. The molecule has 25 heavy (non-hydrogen) atoms. The van der Waals surface area contributed by atoms with Crippen LogP contribution in [0.5, 0.6) is 0 Å². The summed E-state index contributed by atoms with van der Waals surface area (Å²) in [5.41, 5.74) is 0.200. The van der Waals surface area contributed by atoms with Gasteiger partial charge in [0.2, 0.25) is 16.1 Å². The number of nitrogens with zero attached hydrogens (tertiary/aromatic N) is 1. The topological polar surface area (TPSA) is 90.0 Å². The van der Waals surface area contributed by atoms with Crippen LogP contribution in [0.1, 0.15) is 36.5 Å². The molecular weight excluding hydrogens is 346 g/mol. The van der Waals surface area contributed by atoms with E-state index in [1.165, 1.54) is 28.6 Å². The second kappa shape index (κ2) is 7.13. The van der Waals surface area contributed by atoms with Crippen molar-refractivity contribution in [2.45, 2.75) is 37.2 Å². The van der Waals surface area contributed by atoms with E-state index < -0.39 is 28.1 Å². The highest BCUT2D eigenvalue weighted by Gasteiger charge is 2.31. The largest absolute Gasteiger partial charge is 0.463 e. The van der Waals surface area contributed by atoms with Crippen LogP contribution in [0.4, 0.5) is 0 Å². The van der Waals surface area contributed by atoms with Gasteiger partial charge in [-0.25, -0.2) is 18.0 Å². The molecule has 2 aliphatic heterocycles. The monoisotopic (exact) mass is 367 g/mol. The highest BCUT2D eigenvalue weighted by molar-refractivity contribution is 7.89. The van der Waals surface area contributed by atoms with Crippen LogP contribution in [0.2, 0.25) is 0 Å². The molecule has 0 spiro atoms. The van der Waals surface area contributed by atoms with E-state index in [1.54, 1.807) is 0 Å². The van der Waals surface area contributed by atoms with Crippen molar-refractivity contribution < 1.29 is 27.5 Å². The average molecular weight is 367 g/mol. The molecule has 0 N–H and O–H groups in total. The number of cyclic esters (lactones) is 1. The lowest BCUT2D eigenvalue weighted by molar-refractivity contribution is -0.145. The van der Waals surface area contributed by atoms with Crippen molar-refractivity contribution in [3.8, 4) is 0 Å². The Morgan fingerprint density at radius 3 is 2.36 bits per heavy atom. The predicted octanol–water partition coefficient (Wildman–Crippen LogP) is 1.58. The molecule has 8 heteroatoms. The Balaban J connectivity index is 1.69. The molecule has 0 bridgehead atoms. The van der Waals surface area contributed by atoms with Gasteiger partial charge >= 0.3 is 11.9 Å². The number of carbonyl (C=O) groups is 2. The zero-order chi connectivity index (χ0) is 18.0. The summed E-state index contributed by atoms with van der Waals surface area (Å²) in [4.78, 5) is 23.5. The standard InChI is InChI=1S/C17H21NO6S/c1-12-6-9-18(10-7-12)25(21,22)14-4-2-13(3-5-14)16(19)24-15-8-11-23-17(15)20/h2-5,12,15H,6-11H2,1H3/t15-/m1/s1. The molecule has 1 aromatic rings. The molecule has 1 atom stereocenters. The fourth-order valence-electron chi connectivity index (χ4n) is 2.92. The van der Waals surface area contributed by atoms with Crippen molar-refractivity contribution in [3.05, 3.63) is 29.8 Å². The smallest absolute Gasteiger partial charge is 0.347 e. The molecule has 2 aliphatic rings. The molecule has 2 saturated heterocycles. The first kappa shape index (κ1) is 17.9. The zero-order valence-corrected chi connectivity index (χ0v) is 14.8. The van der Waals surface area contributed by atoms with Crippen molar-refractivity contribution in [1.82, 2.24) is 4.31 Å². The first-order valence-electron chi connectivity index (χ1n) is 8.36. The summed E-state index contributed by atoms with van der Waals surface area (Å²) in [5, 5.41) is 0. The van der Waals surface area contributed by atoms with Gasteiger partial charge in [0, 0.05) is 19.5 Å². The first-order valence-corrected chi connectivity index (χ1v) is 9.80. The number of benzene rings is 1. The Labute approximate surface area is 147 Å². The van der Waals surface area contributed by atoms with E-state index in [0.717, 1.165) is 12.8 Å². The molecular formula is C17H21NO6S. The van der Waals surface area contributed by atoms with Gasteiger partial charge in [-0.3, -0.25) is 0 Å². The SMILES string of the molecule is CC1CCN(S(=O)(=O)c2ccc(C(=O)O[C@@H]3CCOC3=O)cc2)CC1. The van der Waals surface area contributed by atoms with Gasteiger partial charge in [-0.2, -0.15) is 4.31 Å². The van der Waals surface area contributed by atoms with Gasteiger partial charge in [-0.1, -0.05) is 6.92 Å². The predicted molar refractivity (Wildman–Crippen MR) is 88.4 cm³/mol. The number of sulfonamides is 1. The highest BCUT2D eigenvalue weighted by atomic mass is 32.2. The maximum atomic E-state index is 12.6. The van der Waals surface area contributed by atoms with E-state index in [4.69, 9.17) is 9.47 Å². The van der Waals surface area contributed by atoms with Crippen LogP contribution in [-0.2, 0) is 24.3 Å². The minimum atomic E-state index is -3.55. The molecule has 0 radical (unpaired) electrons. The minimum absolute atomic E-state index is 0.152. The summed E-state index contributed by atoms with van der Waals surface area (Å²) < 4.78 is 36.6. The van der Waals surface area contributed by atoms with Gasteiger partial charge < -0.3 is 9.47 Å². The Morgan fingerprint density at radius 1 is 1.16 bits per heavy atom. The minimum Gasteiger partial charge on any atom is -0.463 e. The summed E-state index contributed by atoms with van der Waals surface area (Å²) in [6.07, 6.45) is 1.15. The number of hydrogen-bond acceptors (Lipinski definition) is 6. The number of carbonyl (C=O) groups excluding carboxylic acids is 2. The van der Waals surface area contributed by atoms with Crippen LogP contribution in [-0.4, -0.2) is 50.5 Å². The van der Waals surface area contributed by atoms with E-state index >= 15 is 0 Å². The van der Waals surface area contributed by atoms with E-state index in [9.17, 15) is 18.0 Å². The van der Waals surface area contributed by atoms with E-state index in [0.29, 0.717) is 25.4 Å². The molecule has 0 aliphatic carbocycles. The Bertz CT molecular complexity index is 750. The molecule has 0 saturated carbocycles. The highest BCUT2D eigenvalue weighted by Crippen LogP contribution is 2.24. The van der Waals surface area contributed by atoms with Crippen molar-refractivity contribution in [1.29, 1.82) is 0 Å². The Morgan fingerprint density at radius 2 is 1.80 bits per heavy atom. The van der Waals surface area contributed by atoms with Gasteiger partial charge in [-0.05, 0) is 43.0 Å². The van der Waals surface area contributed by atoms with Crippen molar-refractivity contribution in [2.75, 3.05) is 19.7 Å². The zero-order valence-electron chi connectivity index (χ0n) is 14.0. The molecule has 0 unspecified atom stereocenters. The fourth-order valence-corrected chi connectivity index (χ4v) is 4.39. The van der Waals surface area contributed by atoms with Gasteiger partial charge in [0.15, 0.2) is 0 Å². The van der Waals surface area contributed by atoms with Crippen LogP contribution in [0, 0.1) is 5.92 Å². The molecule has 3 rings (SSSR count). The molecule has 0 amide bonds. The second-order valence-corrected chi connectivity index (χ2v) is 8.40. The summed E-state index contributed by atoms with van der Waals surface area (Å²) in [6.45, 7) is 3.38. The van der Waals surface area contributed by atoms with Crippen LogP contribution in [0.15, 0.2) is 29.2 Å². The van der Waals surface area contributed by atoms with Crippen LogP contribution < -0.4 is 0 Å². The van der Waals surface area contributed by atoms with Crippen molar-refractivity contribution in [3.63, 3.8) is 0 Å². The van der Waals surface area contributed by atoms with Crippen LogP contribution >= 0.6 is 0 Å². The second-order valence-electron chi connectivity index (χ2n) is 6.46. The summed E-state index contributed by atoms with van der Waals surface area (Å²) in [6, 6.07) is 5.61. The van der Waals surface area contributed by atoms with E-state index in [2.05, 4.69) is 6.92 Å². The van der Waals surface area contributed by atoms with Crippen LogP contribution in [0.3, 0.4) is 0 Å². The third kappa shape index (κ3) is 3.85. The quantitative estimate of drug-likeness (QED) is 0.751. The van der Waals surface area contributed by atoms with Gasteiger partial charge in [0.1, 0.15) is 0 Å². The molecule has 7 nitrogen and oxygen atoms in total.